The van der Waals surface area contributed by atoms with Crippen LogP contribution in [0.15, 0.2) is 24.3 Å². The standard InChI is InChI=1S/C21H28ClN3O2/c1-23-19-6-2-5-18(22)17(19)12-20(23)21(27)25-9-3-4-16(13-25)24-10-7-15(14-26)8-11-24/h2,5-6,12,15-16,26H,3-4,7-11,13-14H2,1H3/t16-/m1/s1. The number of rotatable bonds is 3. The molecule has 2 aliphatic rings. The predicted molar refractivity (Wildman–Crippen MR) is 108 cm³/mol. The minimum absolute atomic E-state index is 0.0970. The van der Waals surface area contributed by atoms with E-state index in [9.17, 15) is 9.90 Å². The number of fused-ring (bicyclic) bond motifs is 1. The number of aliphatic hydroxyl groups excluding tert-OH is 1. The first-order chi connectivity index (χ1) is 13.1. The van der Waals surface area contributed by atoms with Crippen molar-refractivity contribution in [2.75, 3.05) is 32.8 Å². The van der Waals surface area contributed by atoms with Gasteiger partial charge in [-0.25, -0.2) is 0 Å². The molecule has 0 unspecified atom stereocenters. The fraction of sp³-hybridized carbons (Fsp3) is 0.571. The molecule has 1 aromatic heterocycles. The van der Waals surface area contributed by atoms with Gasteiger partial charge in [-0.05, 0) is 62.9 Å². The smallest absolute Gasteiger partial charge is 0.270 e. The molecule has 2 aliphatic heterocycles. The molecule has 1 aromatic carbocycles. The highest BCUT2D eigenvalue weighted by Gasteiger charge is 2.31. The lowest BCUT2D eigenvalue weighted by molar-refractivity contribution is 0.0440. The summed E-state index contributed by atoms with van der Waals surface area (Å²) in [7, 11) is 1.94. The van der Waals surface area contributed by atoms with Gasteiger partial charge in [-0.15, -0.1) is 0 Å². The predicted octanol–water partition coefficient (Wildman–Crippen LogP) is 3.14. The van der Waals surface area contributed by atoms with Gasteiger partial charge in [0.25, 0.3) is 5.91 Å². The fourth-order valence-electron chi connectivity index (χ4n) is 4.63. The van der Waals surface area contributed by atoms with Crippen molar-refractivity contribution in [2.24, 2.45) is 13.0 Å². The quantitative estimate of drug-likeness (QED) is 0.877. The first kappa shape index (κ1) is 18.8. The van der Waals surface area contributed by atoms with Crippen LogP contribution in [0.4, 0.5) is 0 Å². The fourth-order valence-corrected chi connectivity index (χ4v) is 4.85. The lowest BCUT2D eigenvalue weighted by atomic mass is 9.94. The number of halogens is 1. The van der Waals surface area contributed by atoms with Crippen molar-refractivity contribution in [3.63, 3.8) is 0 Å². The Morgan fingerprint density at radius 3 is 2.70 bits per heavy atom. The average molecular weight is 390 g/mol. The number of nitrogens with zero attached hydrogens (tertiary/aromatic N) is 3. The third-order valence-electron chi connectivity index (χ3n) is 6.36. The zero-order valence-electron chi connectivity index (χ0n) is 15.9. The Hall–Kier alpha value is -1.56. The van der Waals surface area contributed by atoms with Gasteiger partial charge in [0.1, 0.15) is 5.69 Å². The minimum Gasteiger partial charge on any atom is -0.396 e. The molecule has 5 nitrogen and oxygen atoms in total. The van der Waals surface area contributed by atoms with Crippen LogP contribution in [0.3, 0.4) is 0 Å². The van der Waals surface area contributed by atoms with E-state index in [1.807, 2.05) is 40.8 Å². The SMILES string of the molecule is Cn1c(C(=O)N2CCC[C@@H](N3CCC(CO)CC3)C2)cc2c(Cl)cccc21. The van der Waals surface area contributed by atoms with Crippen LogP contribution >= 0.6 is 11.6 Å². The van der Waals surface area contributed by atoms with E-state index in [0.29, 0.717) is 29.3 Å². The molecule has 2 saturated heterocycles. The largest absolute Gasteiger partial charge is 0.396 e. The Balaban J connectivity index is 1.49. The van der Waals surface area contributed by atoms with E-state index in [2.05, 4.69) is 4.90 Å². The van der Waals surface area contributed by atoms with Crippen molar-refractivity contribution in [1.82, 2.24) is 14.4 Å². The molecule has 0 spiro atoms. The Kier molecular flexibility index (Phi) is 5.44. The maximum atomic E-state index is 13.2. The molecule has 3 heterocycles. The highest BCUT2D eigenvalue weighted by molar-refractivity contribution is 6.35. The van der Waals surface area contributed by atoms with E-state index in [-0.39, 0.29) is 5.91 Å². The summed E-state index contributed by atoms with van der Waals surface area (Å²) in [5.74, 6) is 0.544. The molecule has 1 amide bonds. The Labute approximate surface area is 165 Å². The number of carbonyl (C=O) groups excluding carboxylic acids is 1. The van der Waals surface area contributed by atoms with Crippen molar-refractivity contribution in [2.45, 2.75) is 31.7 Å². The van der Waals surface area contributed by atoms with E-state index in [1.54, 1.807) is 0 Å². The molecule has 27 heavy (non-hydrogen) atoms. The second-order valence-corrected chi connectivity index (χ2v) is 8.38. The molecule has 146 valence electrons. The van der Waals surface area contributed by atoms with E-state index < -0.39 is 0 Å². The number of benzene rings is 1. The summed E-state index contributed by atoms with van der Waals surface area (Å²) in [4.78, 5) is 17.8. The van der Waals surface area contributed by atoms with Crippen LogP contribution in [-0.4, -0.2) is 64.2 Å². The van der Waals surface area contributed by atoms with Crippen LogP contribution < -0.4 is 0 Å². The zero-order chi connectivity index (χ0) is 19.0. The maximum Gasteiger partial charge on any atom is 0.270 e. The van der Waals surface area contributed by atoms with Crippen LogP contribution in [-0.2, 0) is 7.05 Å². The number of aliphatic hydroxyl groups is 1. The van der Waals surface area contributed by atoms with Gasteiger partial charge in [0.2, 0.25) is 0 Å². The lowest BCUT2D eigenvalue weighted by Gasteiger charge is -2.42. The summed E-state index contributed by atoms with van der Waals surface area (Å²) >= 11 is 6.32. The molecule has 4 rings (SSSR count). The molecule has 0 aliphatic carbocycles. The lowest BCUT2D eigenvalue weighted by Crippen LogP contribution is -2.52. The van der Waals surface area contributed by atoms with Gasteiger partial charge < -0.3 is 14.6 Å². The third kappa shape index (κ3) is 3.60. The van der Waals surface area contributed by atoms with Crippen molar-refractivity contribution in [3.05, 3.63) is 35.0 Å². The summed E-state index contributed by atoms with van der Waals surface area (Å²) in [6.45, 7) is 3.96. The number of aromatic nitrogens is 1. The molecule has 2 aromatic rings. The van der Waals surface area contributed by atoms with Crippen molar-refractivity contribution < 1.29 is 9.90 Å². The number of hydrogen-bond acceptors (Lipinski definition) is 3. The molecule has 6 heteroatoms. The average Bonchev–Trinajstić information content (AvgIpc) is 3.06. The van der Waals surface area contributed by atoms with Gasteiger partial charge in [0.05, 0.1) is 0 Å². The van der Waals surface area contributed by atoms with E-state index in [0.717, 1.165) is 62.8 Å². The topological polar surface area (TPSA) is 48.7 Å². The van der Waals surface area contributed by atoms with Gasteiger partial charge in [0.15, 0.2) is 0 Å². The Morgan fingerprint density at radius 1 is 1.22 bits per heavy atom. The maximum absolute atomic E-state index is 13.2. The molecule has 2 fully saturated rings. The van der Waals surface area contributed by atoms with Crippen LogP contribution in [0.1, 0.15) is 36.2 Å². The molecule has 0 saturated carbocycles. The Morgan fingerprint density at radius 2 is 2.00 bits per heavy atom. The van der Waals surface area contributed by atoms with E-state index >= 15 is 0 Å². The molecule has 1 N–H and O–H groups in total. The van der Waals surface area contributed by atoms with E-state index in [1.165, 1.54) is 0 Å². The van der Waals surface area contributed by atoms with Gasteiger partial charge >= 0.3 is 0 Å². The van der Waals surface area contributed by atoms with Crippen molar-refractivity contribution in [3.8, 4) is 0 Å². The van der Waals surface area contributed by atoms with Gasteiger partial charge in [-0.1, -0.05) is 17.7 Å². The highest BCUT2D eigenvalue weighted by atomic mass is 35.5. The van der Waals surface area contributed by atoms with E-state index in [4.69, 9.17) is 11.6 Å². The summed E-state index contributed by atoms with van der Waals surface area (Å²) < 4.78 is 1.96. The van der Waals surface area contributed by atoms with Crippen LogP contribution in [0, 0.1) is 5.92 Å². The molecule has 1 atom stereocenters. The van der Waals surface area contributed by atoms with Crippen molar-refractivity contribution >= 4 is 28.4 Å². The molecule has 0 bridgehead atoms. The number of aryl methyl sites for hydroxylation is 1. The third-order valence-corrected chi connectivity index (χ3v) is 6.69. The summed E-state index contributed by atoms with van der Waals surface area (Å²) in [5, 5.41) is 11.0. The number of piperidine rings is 2. The number of likely N-dealkylation sites (tertiary alicyclic amines) is 2. The summed E-state index contributed by atoms with van der Waals surface area (Å²) in [6, 6.07) is 8.15. The van der Waals surface area contributed by atoms with Gasteiger partial charge in [-0.2, -0.15) is 0 Å². The summed E-state index contributed by atoms with van der Waals surface area (Å²) in [6.07, 6.45) is 4.31. The summed E-state index contributed by atoms with van der Waals surface area (Å²) in [5.41, 5.74) is 1.70. The first-order valence-electron chi connectivity index (χ1n) is 9.96. The normalized spacial score (nSPS) is 22.5. The molecule has 0 radical (unpaired) electrons. The number of hydrogen-bond donors (Lipinski definition) is 1. The van der Waals surface area contributed by atoms with Gasteiger partial charge in [0, 0.05) is 48.7 Å². The Bertz CT molecular complexity index is 826. The number of carbonyl (C=O) groups is 1. The van der Waals surface area contributed by atoms with Crippen LogP contribution in [0.2, 0.25) is 5.02 Å². The minimum atomic E-state index is 0.0970. The van der Waals surface area contributed by atoms with Crippen LogP contribution in [0.5, 0.6) is 0 Å². The number of amides is 1. The van der Waals surface area contributed by atoms with Crippen molar-refractivity contribution in [1.29, 1.82) is 0 Å². The van der Waals surface area contributed by atoms with Crippen LogP contribution in [0.25, 0.3) is 10.9 Å². The first-order valence-corrected chi connectivity index (χ1v) is 10.3. The molecular weight excluding hydrogens is 362 g/mol. The second kappa shape index (κ2) is 7.82. The zero-order valence-corrected chi connectivity index (χ0v) is 16.7. The van der Waals surface area contributed by atoms with Gasteiger partial charge in [-0.3, -0.25) is 9.69 Å². The molecular formula is C21H28ClN3O2. The second-order valence-electron chi connectivity index (χ2n) is 7.97. The highest BCUT2D eigenvalue weighted by Crippen LogP contribution is 2.28. The monoisotopic (exact) mass is 389 g/mol.